The fraction of sp³-hybridized carbons (Fsp3) is 0.581. The highest BCUT2D eigenvalue weighted by molar-refractivity contribution is 5.90. The molecule has 6 heteroatoms. The molecule has 3 nitrogen and oxygen atoms in total. The molecule has 0 saturated carbocycles. The van der Waals surface area contributed by atoms with Gasteiger partial charge in [-0.1, -0.05) is 102 Å². The average Bonchev–Trinajstić information content (AvgIpc) is 2.89. The predicted octanol–water partition coefficient (Wildman–Crippen LogP) is 9.93. The molecule has 206 valence electrons. The van der Waals surface area contributed by atoms with E-state index < -0.39 is 18.2 Å². The number of halogens is 3. The van der Waals surface area contributed by atoms with Crippen molar-refractivity contribution < 1.29 is 27.4 Å². The molecule has 0 saturated heterocycles. The molecule has 0 amide bonds. The highest BCUT2D eigenvalue weighted by atomic mass is 19.4. The molecule has 37 heavy (non-hydrogen) atoms. The molecule has 1 atom stereocenters. The molecule has 0 aliphatic rings. The van der Waals surface area contributed by atoms with Gasteiger partial charge in [-0.15, -0.1) is 0 Å². The van der Waals surface area contributed by atoms with Gasteiger partial charge in [-0.3, -0.25) is 0 Å². The fourth-order valence-electron chi connectivity index (χ4n) is 4.21. The number of hydrogen-bond donors (Lipinski definition) is 0. The number of ether oxygens (including phenoxy) is 2. The van der Waals surface area contributed by atoms with Gasteiger partial charge in [0.1, 0.15) is 5.75 Å². The van der Waals surface area contributed by atoms with Crippen LogP contribution in [0.15, 0.2) is 48.5 Å². The molecular weight excluding hydrogens is 477 g/mol. The maximum absolute atomic E-state index is 13.4. The minimum atomic E-state index is -4.57. The SMILES string of the molecule is CCCCCCCCOc1ccc(-c2ccc(C(=O)O[C@@H](CCCCCCCC)C(F)(F)F)cc2)cc1. The van der Waals surface area contributed by atoms with Crippen LogP contribution in [0.25, 0.3) is 11.1 Å². The Morgan fingerprint density at radius 3 is 1.73 bits per heavy atom. The lowest BCUT2D eigenvalue weighted by atomic mass is 10.0. The second kappa shape index (κ2) is 17.1. The van der Waals surface area contributed by atoms with Crippen LogP contribution in [-0.4, -0.2) is 24.9 Å². The van der Waals surface area contributed by atoms with Crippen LogP contribution in [-0.2, 0) is 4.74 Å². The Bertz CT molecular complexity index is 876. The van der Waals surface area contributed by atoms with Crippen LogP contribution in [0.3, 0.4) is 0 Å². The van der Waals surface area contributed by atoms with E-state index in [-0.39, 0.29) is 12.0 Å². The number of hydrogen-bond acceptors (Lipinski definition) is 3. The van der Waals surface area contributed by atoms with Gasteiger partial charge in [0.15, 0.2) is 6.10 Å². The van der Waals surface area contributed by atoms with Gasteiger partial charge in [-0.05, 0) is 54.7 Å². The first kappa shape index (κ1) is 30.7. The summed E-state index contributed by atoms with van der Waals surface area (Å²) in [6.07, 6.45) is 5.62. The van der Waals surface area contributed by atoms with Gasteiger partial charge in [0.05, 0.1) is 12.2 Å². The lowest BCUT2D eigenvalue weighted by Gasteiger charge is -2.20. The standard InChI is InChI=1S/C31H43F3O3/c1-3-5-7-9-11-13-15-29(31(32,33)34)37-30(35)27-18-16-25(17-19-27)26-20-22-28(23-21-26)36-24-14-12-10-8-6-4-2/h16-23,29H,3-15,24H2,1-2H3/t29-/m0/s1. The Morgan fingerprint density at radius 2 is 1.19 bits per heavy atom. The number of unbranched alkanes of at least 4 members (excludes halogenated alkanes) is 10. The smallest absolute Gasteiger partial charge is 0.425 e. The molecule has 0 aliphatic carbocycles. The average molecular weight is 521 g/mol. The third kappa shape index (κ3) is 12.1. The molecule has 0 aliphatic heterocycles. The molecule has 0 unspecified atom stereocenters. The van der Waals surface area contributed by atoms with Crippen molar-refractivity contribution >= 4 is 5.97 Å². The topological polar surface area (TPSA) is 35.5 Å². The van der Waals surface area contributed by atoms with Crippen molar-refractivity contribution in [2.24, 2.45) is 0 Å². The number of rotatable bonds is 18. The van der Waals surface area contributed by atoms with Gasteiger partial charge in [0.2, 0.25) is 0 Å². The maximum atomic E-state index is 13.4. The summed E-state index contributed by atoms with van der Waals surface area (Å²) in [6, 6.07) is 14.2. The minimum Gasteiger partial charge on any atom is -0.494 e. The zero-order valence-corrected chi connectivity index (χ0v) is 22.5. The lowest BCUT2D eigenvalue weighted by molar-refractivity contribution is -0.206. The largest absolute Gasteiger partial charge is 0.494 e. The molecule has 2 aromatic carbocycles. The molecule has 0 fully saturated rings. The number of esters is 1. The Kier molecular flexibility index (Phi) is 14.2. The zero-order valence-electron chi connectivity index (χ0n) is 22.5. The van der Waals surface area contributed by atoms with E-state index in [1.165, 1.54) is 44.2 Å². The van der Waals surface area contributed by atoms with E-state index >= 15 is 0 Å². The van der Waals surface area contributed by atoms with Crippen LogP contribution < -0.4 is 4.74 Å². The van der Waals surface area contributed by atoms with Gasteiger partial charge < -0.3 is 9.47 Å². The van der Waals surface area contributed by atoms with Crippen LogP contribution in [0.1, 0.15) is 108 Å². The highest BCUT2D eigenvalue weighted by Crippen LogP contribution is 2.29. The van der Waals surface area contributed by atoms with E-state index in [0.29, 0.717) is 19.4 Å². The molecule has 2 rings (SSSR count). The molecule has 0 aromatic heterocycles. The summed E-state index contributed by atoms with van der Waals surface area (Å²) in [5.74, 6) is -0.139. The van der Waals surface area contributed by atoms with E-state index in [1.54, 1.807) is 12.1 Å². The number of alkyl halides is 3. The van der Waals surface area contributed by atoms with Crippen LogP contribution in [0.5, 0.6) is 5.75 Å². The fourth-order valence-corrected chi connectivity index (χ4v) is 4.21. The van der Waals surface area contributed by atoms with Crippen molar-refractivity contribution in [2.75, 3.05) is 6.61 Å². The molecular formula is C31H43F3O3. The third-order valence-corrected chi connectivity index (χ3v) is 6.51. The van der Waals surface area contributed by atoms with Gasteiger partial charge in [-0.2, -0.15) is 13.2 Å². The van der Waals surface area contributed by atoms with E-state index in [2.05, 4.69) is 13.8 Å². The van der Waals surface area contributed by atoms with Gasteiger partial charge in [-0.25, -0.2) is 4.79 Å². The van der Waals surface area contributed by atoms with E-state index in [1.807, 2.05) is 24.3 Å². The Labute approximate surface area is 220 Å². The van der Waals surface area contributed by atoms with Crippen LogP contribution in [0.2, 0.25) is 0 Å². The maximum Gasteiger partial charge on any atom is 0.425 e. The van der Waals surface area contributed by atoms with E-state index in [9.17, 15) is 18.0 Å². The summed E-state index contributed by atoms with van der Waals surface area (Å²) in [6.45, 7) is 5.00. The highest BCUT2D eigenvalue weighted by Gasteiger charge is 2.42. The van der Waals surface area contributed by atoms with Crippen LogP contribution >= 0.6 is 0 Å². The summed E-state index contributed by atoms with van der Waals surface area (Å²) in [4.78, 5) is 12.4. The Hall–Kier alpha value is -2.50. The predicted molar refractivity (Wildman–Crippen MR) is 144 cm³/mol. The van der Waals surface area contributed by atoms with Gasteiger partial charge in [0.25, 0.3) is 0 Å². The van der Waals surface area contributed by atoms with Crippen molar-refractivity contribution in [1.29, 1.82) is 0 Å². The molecule has 0 radical (unpaired) electrons. The molecule has 0 bridgehead atoms. The molecule has 2 aromatic rings. The van der Waals surface area contributed by atoms with Crippen LogP contribution in [0, 0.1) is 0 Å². The van der Waals surface area contributed by atoms with Gasteiger partial charge in [0, 0.05) is 0 Å². The van der Waals surface area contributed by atoms with Crippen LogP contribution in [0.4, 0.5) is 13.2 Å². The van der Waals surface area contributed by atoms with Crippen molar-refractivity contribution in [3.8, 4) is 16.9 Å². The van der Waals surface area contributed by atoms with E-state index in [0.717, 1.165) is 49.0 Å². The Morgan fingerprint density at radius 1 is 0.703 bits per heavy atom. The van der Waals surface area contributed by atoms with Crippen molar-refractivity contribution in [3.63, 3.8) is 0 Å². The number of carbonyl (C=O) groups excluding carboxylic acids is 1. The normalized spacial score (nSPS) is 12.4. The second-order valence-electron chi connectivity index (χ2n) is 9.71. The molecule has 0 spiro atoms. The summed E-state index contributed by atoms with van der Waals surface area (Å²) in [5, 5.41) is 0. The summed E-state index contributed by atoms with van der Waals surface area (Å²) in [7, 11) is 0. The summed E-state index contributed by atoms with van der Waals surface area (Å²) >= 11 is 0. The first-order valence-corrected chi connectivity index (χ1v) is 14.0. The summed E-state index contributed by atoms with van der Waals surface area (Å²) in [5.41, 5.74) is 1.90. The second-order valence-corrected chi connectivity index (χ2v) is 9.71. The third-order valence-electron chi connectivity index (χ3n) is 6.51. The lowest BCUT2D eigenvalue weighted by Crippen LogP contribution is -2.33. The van der Waals surface area contributed by atoms with Crippen molar-refractivity contribution in [2.45, 2.75) is 110 Å². The molecule has 0 N–H and O–H groups in total. The summed E-state index contributed by atoms with van der Waals surface area (Å²) < 4.78 is 51.0. The van der Waals surface area contributed by atoms with Gasteiger partial charge >= 0.3 is 12.1 Å². The Balaban J connectivity index is 1.84. The molecule has 0 heterocycles. The minimum absolute atomic E-state index is 0.111. The first-order chi connectivity index (χ1) is 17.8. The van der Waals surface area contributed by atoms with Crippen molar-refractivity contribution in [3.05, 3.63) is 54.1 Å². The quantitative estimate of drug-likeness (QED) is 0.145. The van der Waals surface area contributed by atoms with Crippen molar-refractivity contribution in [1.82, 2.24) is 0 Å². The first-order valence-electron chi connectivity index (χ1n) is 14.0. The number of carbonyl (C=O) groups is 1. The van der Waals surface area contributed by atoms with E-state index in [4.69, 9.17) is 9.47 Å². The zero-order chi connectivity index (χ0) is 26.9. The number of benzene rings is 2. The monoisotopic (exact) mass is 520 g/mol.